The number of aromatic nitrogens is 3. The van der Waals surface area contributed by atoms with Crippen LogP contribution in [0.15, 0.2) is 29.0 Å². The van der Waals surface area contributed by atoms with Crippen molar-refractivity contribution in [2.75, 3.05) is 36.4 Å². The standard InChI is InChI=1S/C15H18N6O3/c1-11-9-12(19-24-11)18-13(22)10-14(23)20-5-7-21(8-6-20)15-16-3-2-4-17-15/h2-4,9H,5-8,10H2,1H3,(H,18,19,22). The van der Waals surface area contributed by atoms with E-state index in [1.807, 2.05) is 4.90 Å². The number of aryl methyl sites for hydroxylation is 1. The number of hydrogen-bond donors (Lipinski definition) is 1. The van der Waals surface area contributed by atoms with Crippen molar-refractivity contribution in [1.29, 1.82) is 0 Å². The fourth-order valence-electron chi connectivity index (χ4n) is 2.47. The molecule has 1 aliphatic rings. The smallest absolute Gasteiger partial charge is 0.235 e. The van der Waals surface area contributed by atoms with Crippen LogP contribution in [0.1, 0.15) is 12.2 Å². The molecule has 126 valence electrons. The number of nitrogens with one attached hydrogen (secondary N) is 1. The van der Waals surface area contributed by atoms with Crippen LogP contribution in [-0.2, 0) is 9.59 Å². The third-order valence-electron chi connectivity index (χ3n) is 3.67. The van der Waals surface area contributed by atoms with Crippen LogP contribution < -0.4 is 10.2 Å². The van der Waals surface area contributed by atoms with Gasteiger partial charge in [0.2, 0.25) is 17.8 Å². The van der Waals surface area contributed by atoms with Gasteiger partial charge in [-0.25, -0.2) is 9.97 Å². The van der Waals surface area contributed by atoms with E-state index in [0.717, 1.165) is 0 Å². The van der Waals surface area contributed by atoms with E-state index < -0.39 is 5.91 Å². The molecule has 2 aromatic heterocycles. The van der Waals surface area contributed by atoms with E-state index in [4.69, 9.17) is 4.52 Å². The predicted molar refractivity (Wildman–Crippen MR) is 85.3 cm³/mol. The molecule has 2 amide bonds. The second kappa shape index (κ2) is 7.07. The Morgan fingerprint density at radius 1 is 1.21 bits per heavy atom. The average Bonchev–Trinajstić information content (AvgIpc) is 3.00. The Hall–Kier alpha value is -2.97. The number of carbonyl (C=O) groups is 2. The zero-order valence-corrected chi connectivity index (χ0v) is 13.3. The minimum Gasteiger partial charge on any atom is -0.360 e. The van der Waals surface area contributed by atoms with Crippen LogP contribution in [0.25, 0.3) is 0 Å². The first kappa shape index (κ1) is 15.9. The maximum atomic E-state index is 12.2. The molecular weight excluding hydrogens is 312 g/mol. The van der Waals surface area contributed by atoms with Crippen molar-refractivity contribution >= 4 is 23.6 Å². The van der Waals surface area contributed by atoms with Crippen LogP contribution in [0.3, 0.4) is 0 Å². The number of hydrogen-bond acceptors (Lipinski definition) is 7. The average molecular weight is 330 g/mol. The lowest BCUT2D eigenvalue weighted by Crippen LogP contribution is -2.49. The van der Waals surface area contributed by atoms with Crippen molar-refractivity contribution in [3.63, 3.8) is 0 Å². The summed E-state index contributed by atoms with van der Waals surface area (Å²) in [6, 6.07) is 3.36. The summed E-state index contributed by atoms with van der Waals surface area (Å²) >= 11 is 0. The zero-order valence-electron chi connectivity index (χ0n) is 13.3. The lowest BCUT2D eigenvalue weighted by molar-refractivity contribution is -0.134. The minimum atomic E-state index is -0.401. The topological polar surface area (TPSA) is 104 Å². The number of rotatable bonds is 4. The molecule has 9 nitrogen and oxygen atoms in total. The van der Waals surface area contributed by atoms with Gasteiger partial charge in [0.25, 0.3) is 0 Å². The van der Waals surface area contributed by atoms with Crippen molar-refractivity contribution < 1.29 is 14.1 Å². The van der Waals surface area contributed by atoms with Gasteiger partial charge in [0.05, 0.1) is 0 Å². The molecule has 2 aromatic rings. The van der Waals surface area contributed by atoms with Gasteiger partial charge < -0.3 is 19.6 Å². The van der Waals surface area contributed by atoms with Crippen LogP contribution >= 0.6 is 0 Å². The van der Waals surface area contributed by atoms with Crippen molar-refractivity contribution in [3.05, 3.63) is 30.3 Å². The lowest BCUT2D eigenvalue weighted by Gasteiger charge is -2.34. The van der Waals surface area contributed by atoms with Gasteiger partial charge >= 0.3 is 0 Å². The van der Waals surface area contributed by atoms with Crippen LogP contribution in [0, 0.1) is 6.92 Å². The maximum absolute atomic E-state index is 12.2. The summed E-state index contributed by atoms with van der Waals surface area (Å²) in [7, 11) is 0. The van der Waals surface area contributed by atoms with Crippen LogP contribution in [0.4, 0.5) is 11.8 Å². The largest absolute Gasteiger partial charge is 0.360 e. The molecule has 3 rings (SSSR count). The maximum Gasteiger partial charge on any atom is 0.235 e. The molecule has 0 aromatic carbocycles. The fraction of sp³-hybridized carbons (Fsp3) is 0.400. The van der Waals surface area contributed by atoms with E-state index >= 15 is 0 Å². The predicted octanol–water partition coefficient (Wildman–Crippen LogP) is 0.450. The van der Waals surface area contributed by atoms with Gasteiger partial charge in [-0.2, -0.15) is 0 Å². The highest BCUT2D eigenvalue weighted by Crippen LogP contribution is 2.11. The number of piperazine rings is 1. The molecule has 24 heavy (non-hydrogen) atoms. The van der Waals surface area contributed by atoms with Crippen LogP contribution in [0.5, 0.6) is 0 Å². The number of amides is 2. The quantitative estimate of drug-likeness (QED) is 0.812. The van der Waals surface area contributed by atoms with Gasteiger partial charge in [-0.1, -0.05) is 5.16 Å². The molecule has 0 aliphatic carbocycles. The molecule has 1 fully saturated rings. The summed E-state index contributed by atoms with van der Waals surface area (Å²) < 4.78 is 4.86. The monoisotopic (exact) mass is 330 g/mol. The molecular formula is C15H18N6O3. The third kappa shape index (κ3) is 3.86. The van der Waals surface area contributed by atoms with Gasteiger partial charge in [0.15, 0.2) is 5.82 Å². The summed E-state index contributed by atoms with van der Waals surface area (Å²) in [4.78, 5) is 36.2. The zero-order chi connectivity index (χ0) is 16.9. The molecule has 1 aliphatic heterocycles. The minimum absolute atomic E-state index is 0.207. The van der Waals surface area contributed by atoms with Gasteiger partial charge in [0, 0.05) is 44.6 Å². The summed E-state index contributed by atoms with van der Waals surface area (Å²) in [6.07, 6.45) is 3.17. The first-order valence-electron chi connectivity index (χ1n) is 7.65. The van der Waals surface area contributed by atoms with E-state index in [1.54, 1.807) is 36.4 Å². The van der Waals surface area contributed by atoms with Crippen molar-refractivity contribution in [1.82, 2.24) is 20.0 Å². The Morgan fingerprint density at radius 3 is 2.54 bits per heavy atom. The molecule has 0 radical (unpaired) electrons. The Bertz CT molecular complexity index is 709. The molecule has 9 heteroatoms. The normalized spacial score (nSPS) is 14.5. The highest BCUT2D eigenvalue weighted by molar-refractivity contribution is 6.03. The summed E-state index contributed by atoms with van der Waals surface area (Å²) in [5.74, 6) is 0.958. The first-order valence-corrected chi connectivity index (χ1v) is 7.65. The highest BCUT2D eigenvalue weighted by atomic mass is 16.5. The highest BCUT2D eigenvalue weighted by Gasteiger charge is 2.24. The van der Waals surface area contributed by atoms with Gasteiger partial charge in [0.1, 0.15) is 12.2 Å². The molecule has 0 spiro atoms. The molecule has 0 bridgehead atoms. The number of anilines is 2. The van der Waals surface area contributed by atoms with Crippen molar-refractivity contribution in [2.24, 2.45) is 0 Å². The van der Waals surface area contributed by atoms with E-state index in [9.17, 15) is 9.59 Å². The molecule has 0 unspecified atom stereocenters. The van der Waals surface area contributed by atoms with Crippen molar-refractivity contribution in [3.8, 4) is 0 Å². The first-order chi connectivity index (χ1) is 11.6. The van der Waals surface area contributed by atoms with Gasteiger partial charge in [-0.05, 0) is 13.0 Å². The van der Waals surface area contributed by atoms with E-state index in [-0.39, 0.29) is 12.3 Å². The molecule has 3 heterocycles. The van der Waals surface area contributed by atoms with E-state index in [0.29, 0.717) is 43.7 Å². The van der Waals surface area contributed by atoms with Crippen molar-refractivity contribution in [2.45, 2.75) is 13.3 Å². The SMILES string of the molecule is Cc1cc(NC(=O)CC(=O)N2CCN(c3ncccn3)CC2)no1. The second-order valence-corrected chi connectivity index (χ2v) is 5.46. The molecule has 0 atom stereocenters. The Balaban J connectivity index is 1.47. The summed E-state index contributed by atoms with van der Waals surface area (Å²) in [5, 5.41) is 6.21. The number of carbonyl (C=O) groups excluding carboxylic acids is 2. The Morgan fingerprint density at radius 2 is 1.92 bits per heavy atom. The molecule has 1 N–H and O–H groups in total. The van der Waals surface area contributed by atoms with E-state index in [2.05, 4.69) is 20.4 Å². The summed E-state index contributed by atoms with van der Waals surface area (Å²) in [5.41, 5.74) is 0. The van der Waals surface area contributed by atoms with Gasteiger partial charge in [-0.3, -0.25) is 9.59 Å². The molecule has 0 saturated carbocycles. The number of nitrogens with zero attached hydrogens (tertiary/aromatic N) is 5. The van der Waals surface area contributed by atoms with Crippen LogP contribution in [-0.4, -0.2) is 58.0 Å². The fourth-order valence-corrected chi connectivity index (χ4v) is 2.47. The van der Waals surface area contributed by atoms with Gasteiger partial charge in [-0.15, -0.1) is 0 Å². The Kier molecular flexibility index (Phi) is 4.69. The third-order valence-corrected chi connectivity index (χ3v) is 3.67. The lowest BCUT2D eigenvalue weighted by atomic mass is 10.2. The van der Waals surface area contributed by atoms with E-state index in [1.165, 1.54) is 0 Å². The van der Waals surface area contributed by atoms with Crippen LogP contribution in [0.2, 0.25) is 0 Å². The molecule has 1 saturated heterocycles. The summed E-state index contributed by atoms with van der Waals surface area (Å²) in [6.45, 7) is 4.07. The Labute approximate surface area is 138 Å². The second-order valence-electron chi connectivity index (χ2n) is 5.46.